The third kappa shape index (κ3) is 2.92. The summed E-state index contributed by atoms with van der Waals surface area (Å²) in [6, 6.07) is 9.06. The Balaban J connectivity index is 2.11. The molecule has 0 fully saturated rings. The molecule has 18 heavy (non-hydrogen) atoms. The molecule has 0 aliphatic rings. The summed E-state index contributed by atoms with van der Waals surface area (Å²) in [5.41, 5.74) is 3.71. The highest BCUT2D eigenvalue weighted by Gasteiger charge is 2.09. The molecule has 0 amide bonds. The SMILES string of the molecule is CC[C@@H](Nc1cnn(CC)c1)c1ccc(C)cc1. The molecule has 96 valence electrons. The van der Waals surface area contributed by atoms with Gasteiger partial charge in [-0.2, -0.15) is 5.10 Å². The zero-order valence-electron chi connectivity index (χ0n) is 11.4. The predicted molar refractivity (Wildman–Crippen MR) is 75.7 cm³/mol. The van der Waals surface area contributed by atoms with Gasteiger partial charge in [0.15, 0.2) is 0 Å². The van der Waals surface area contributed by atoms with Gasteiger partial charge in [-0.05, 0) is 25.8 Å². The second-order valence-electron chi connectivity index (χ2n) is 4.60. The van der Waals surface area contributed by atoms with Crippen molar-refractivity contribution >= 4 is 5.69 Å². The van der Waals surface area contributed by atoms with Gasteiger partial charge in [-0.3, -0.25) is 4.68 Å². The number of aromatic nitrogens is 2. The smallest absolute Gasteiger partial charge is 0.0731 e. The molecule has 0 unspecified atom stereocenters. The second kappa shape index (κ2) is 5.71. The topological polar surface area (TPSA) is 29.9 Å². The molecular weight excluding hydrogens is 222 g/mol. The minimum Gasteiger partial charge on any atom is -0.376 e. The van der Waals surface area contributed by atoms with Gasteiger partial charge in [0.1, 0.15) is 0 Å². The Hall–Kier alpha value is -1.77. The summed E-state index contributed by atoms with van der Waals surface area (Å²) < 4.78 is 1.93. The van der Waals surface area contributed by atoms with Crippen LogP contribution in [0.25, 0.3) is 0 Å². The molecule has 3 nitrogen and oxygen atoms in total. The van der Waals surface area contributed by atoms with Crippen molar-refractivity contribution in [3.05, 3.63) is 47.8 Å². The molecule has 2 rings (SSSR count). The van der Waals surface area contributed by atoms with E-state index < -0.39 is 0 Å². The molecule has 0 saturated heterocycles. The highest BCUT2D eigenvalue weighted by Crippen LogP contribution is 2.22. The molecule has 0 saturated carbocycles. The Morgan fingerprint density at radius 2 is 1.94 bits per heavy atom. The monoisotopic (exact) mass is 243 g/mol. The molecule has 0 bridgehead atoms. The number of hydrogen-bond donors (Lipinski definition) is 1. The number of nitrogens with one attached hydrogen (secondary N) is 1. The quantitative estimate of drug-likeness (QED) is 0.866. The number of hydrogen-bond acceptors (Lipinski definition) is 2. The first-order valence-electron chi connectivity index (χ1n) is 6.58. The van der Waals surface area contributed by atoms with Crippen molar-refractivity contribution in [2.75, 3.05) is 5.32 Å². The van der Waals surface area contributed by atoms with Crippen LogP contribution in [0, 0.1) is 6.92 Å². The van der Waals surface area contributed by atoms with Gasteiger partial charge >= 0.3 is 0 Å². The van der Waals surface area contributed by atoms with Crippen LogP contribution in [0.1, 0.15) is 37.4 Å². The summed E-state index contributed by atoms with van der Waals surface area (Å²) in [7, 11) is 0. The number of benzene rings is 1. The Kier molecular flexibility index (Phi) is 4.03. The van der Waals surface area contributed by atoms with Crippen molar-refractivity contribution in [2.45, 2.75) is 39.8 Å². The van der Waals surface area contributed by atoms with E-state index >= 15 is 0 Å². The van der Waals surface area contributed by atoms with Crippen LogP contribution in [0.4, 0.5) is 5.69 Å². The fraction of sp³-hybridized carbons (Fsp3) is 0.400. The van der Waals surface area contributed by atoms with E-state index in [0.29, 0.717) is 6.04 Å². The molecule has 0 aliphatic carbocycles. The van der Waals surface area contributed by atoms with Crippen molar-refractivity contribution in [2.24, 2.45) is 0 Å². The first-order valence-corrected chi connectivity index (χ1v) is 6.58. The minimum atomic E-state index is 0.347. The first kappa shape index (κ1) is 12.7. The van der Waals surface area contributed by atoms with E-state index in [1.807, 2.05) is 10.9 Å². The molecular formula is C15H21N3. The third-order valence-electron chi connectivity index (χ3n) is 3.19. The number of aryl methyl sites for hydroxylation is 2. The van der Waals surface area contributed by atoms with E-state index in [2.05, 4.69) is 61.6 Å². The summed E-state index contributed by atoms with van der Waals surface area (Å²) in [5.74, 6) is 0. The molecule has 0 aliphatic heterocycles. The van der Waals surface area contributed by atoms with E-state index in [9.17, 15) is 0 Å². The molecule has 2 aromatic rings. The van der Waals surface area contributed by atoms with Crippen LogP contribution in [0.5, 0.6) is 0 Å². The van der Waals surface area contributed by atoms with Crippen LogP contribution >= 0.6 is 0 Å². The zero-order chi connectivity index (χ0) is 13.0. The molecule has 1 atom stereocenters. The summed E-state index contributed by atoms with van der Waals surface area (Å²) in [4.78, 5) is 0. The van der Waals surface area contributed by atoms with Gasteiger partial charge < -0.3 is 5.32 Å². The molecule has 1 aromatic carbocycles. The Labute approximate surface area is 109 Å². The third-order valence-corrected chi connectivity index (χ3v) is 3.19. The van der Waals surface area contributed by atoms with E-state index in [-0.39, 0.29) is 0 Å². The Morgan fingerprint density at radius 1 is 1.22 bits per heavy atom. The van der Waals surface area contributed by atoms with Crippen LogP contribution in [-0.2, 0) is 6.54 Å². The molecule has 0 radical (unpaired) electrons. The lowest BCUT2D eigenvalue weighted by Crippen LogP contribution is -2.09. The van der Waals surface area contributed by atoms with Crippen molar-refractivity contribution in [3.63, 3.8) is 0 Å². The summed E-state index contributed by atoms with van der Waals surface area (Å²) in [6.45, 7) is 7.31. The molecule has 1 aromatic heterocycles. The van der Waals surface area contributed by atoms with Crippen LogP contribution < -0.4 is 5.32 Å². The molecule has 1 N–H and O–H groups in total. The van der Waals surface area contributed by atoms with Crippen molar-refractivity contribution in [1.29, 1.82) is 0 Å². The van der Waals surface area contributed by atoms with E-state index in [4.69, 9.17) is 0 Å². The van der Waals surface area contributed by atoms with Gasteiger partial charge in [-0.25, -0.2) is 0 Å². The maximum atomic E-state index is 4.28. The molecule has 3 heteroatoms. The lowest BCUT2D eigenvalue weighted by molar-refractivity contribution is 0.659. The standard InChI is InChI=1S/C15H21N3/c1-4-15(13-8-6-12(3)7-9-13)17-14-10-16-18(5-2)11-14/h6-11,15,17H,4-5H2,1-3H3/t15-/m1/s1. The Morgan fingerprint density at radius 3 is 2.50 bits per heavy atom. The van der Waals surface area contributed by atoms with Crippen molar-refractivity contribution in [3.8, 4) is 0 Å². The van der Waals surface area contributed by atoms with Crippen LogP contribution in [0.2, 0.25) is 0 Å². The predicted octanol–water partition coefficient (Wildman–Crippen LogP) is 3.77. The number of nitrogens with zero attached hydrogens (tertiary/aromatic N) is 2. The summed E-state index contributed by atoms with van der Waals surface area (Å²) in [6.07, 6.45) is 5.00. The maximum absolute atomic E-state index is 4.28. The van der Waals surface area contributed by atoms with E-state index in [0.717, 1.165) is 18.7 Å². The number of rotatable bonds is 5. The van der Waals surface area contributed by atoms with Crippen molar-refractivity contribution < 1.29 is 0 Å². The van der Waals surface area contributed by atoms with Crippen LogP contribution in [-0.4, -0.2) is 9.78 Å². The lowest BCUT2D eigenvalue weighted by atomic mass is 10.0. The van der Waals surface area contributed by atoms with Gasteiger partial charge in [-0.15, -0.1) is 0 Å². The normalized spacial score (nSPS) is 12.4. The molecule has 0 spiro atoms. The largest absolute Gasteiger partial charge is 0.376 e. The Bertz CT molecular complexity index is 485. The minimum absolute atomic E-state index is 0.347. The first-order chi connectivity index (χ1) is 8.72. The van der Waals surface area contributed by atoms with Gasteiger partial charge in [0.2, 0.25) is 0 Å². The van der Waals surface area contributed by atoms with Gasteiger partial charge in [0, 0.05) is 12.7 Å². The highest BCUT2D eigenvalue weighted by molar-refractivity contribution is 5.42. The van der Waals surface area contributed by atoms with E-state index in [1.165, 1.54) is 11.1 Å². The average Bonchev–Trinajstić information content (AvgIpc) is 2.85. The number of anilines is 1. The van der Waals surface area contributed by atoms with Crippen LogP contribution in [0.3, 0.4) is 0 Å². The lowest BCUT2D eigenvalue weighted by Gasteiger charge is -2.17. The fourth-order valence-corrected chi connectivity index (χ4v) is 2.03. The summed E-state index contributed by atoms with van der Waals surface area (Å²) in [5, 5.41) is 7.82. The maximum Gasteiger partial charge on any atom is 0.0731 e. The van der Waals surface area contributed by atoms with Gasteiger partial charge in [0.05, 0.1) is 17.9 Å². The zero-order valence-corrected chi connectivity index (χ0v) is 11.4. The van der Waals surface area contributed by atoms with Crippen molar-refractivity contribution in [1.82, 2.24) is 9.78 Å². The van der Waals surface area contributed by atoms with Gasteiger partial charge in [0.25, 0.3) is 0 Å². The van der Waals surface area contributed by atoms with Gasteiger partial charge in [-0.1, -0.05) is 36.8 Å². The average molecular weight is 243 g/mol. The molecule has 1 heterocycles. The summed E-state index contributed by atoms with van der Waals surface area (Å²) >= 11 is 0. The van der Waals surface area contributed by atoms with E-state index in [1.54, 1.807) is 0 Å². The second-order valence-corrected chi connectivity index (χ2v) is 4.60. The van der Waals surface area contributed by atoms with Crippen LogP contribution in [0.15, 0.2) is 36.7 Å². The highest BCUT2D eigenvalue weighted by atomic mass is 15.3. The fourth-order valence-electron chi connectivity index (χ4n) is 2.03.